The monoisotopic (exact) mass is 313 g/mol. The Balaban J connectivity index is 1.63. The Hall–Kier alpha value is -1.75. The van der Waals surface area contributed by atoms with E-state index in [2.05, 4.69) is 47.7 Å². The van der Waals surface area contributed by atoms with Crippen molar-refractivity contribution in [3.8, 4) is 11.3 Å². The van der Waals surface area contributed by atoms with E-state index in [1.165, 1.54) is 19.5 Å². The van der Waals surface area contributed by atoms with Crippen LogP contribution in [0.5, 0.6) is 0 Å². The summed E-state index contributed by atoms with van der Waals surface area (Å²) in [6.45, 7) is 11.2. The number of aromatic nitrogens is 4. The molecule has 3 heterocycles. The van der Waals surface area contributed by atoms with Gasteiger partial charge in [0.05, 0.1) is 23.8 Å². The summed E-state index contributed by atoms with van der Waals surface area (Å²) in [5.41, 5.74) is 3.03. The zero-order valence-electron chi connectivity index (χ0n) is 14.6. The van der Waals surface area contributed by atoms with E-state index in [-0.39, 0.29) is 0 Å². The van der Waals surface area contributed by atoms with E-state index in [1.807, 2.05) is 29.5 Å². The molecule has 5 nitrogen and oxygen atoms in total. The lowest BCUT2D eigenvalue weighted by molar-refractivity contribution is 0.264. The van der Waals surface area contributed by atoms with Gasteiger partial charge in [-0.25, -0.2) is 0 Å². The second-order valence-corrected chi connectivity index (χ2v) is 7.14. The number of likely N-dealkylation sites (tertiary alicyclic amines) is 1. The molecule has 5 heteroatoms. The molecule has 3 rings (SSSR count). The minimum atomic E-state index is 0.363. The fourth-order valence-corrected chi connectivity index (χ4v) is 3.16. The van der Waals surface area contributed by atoms with Gasteiger partial charge in [0.1, 0.15) is 0 Å². The largest absolute Gasteiger partial charge is 0.301 e. The Morgan fingerprint density at radius 2 is 1.91 bits per heavy atom. The van der Waals surface area contributed by atoms with Gasteiger partial charge >= 0.3 is 0 Å². The van der Waals surface area contributed by atoms with Gasteiger partial charge in [0.25, 0.3) is 0 Å². The Bertz CT molecular complexity index is 629. The molecule has 1 aliphatic rings. The average molecular weight is 313 g/mol. The molecule has 0 N–H and O–H groups in total. The van der Waals surface area contributed by atoms with Crippen molar-refractivity contribution >= 4 is 0 Å². The molecule has 0 spiro atoms. The molecule has 124 valence electrons. The first-order valence-corrected chi connectivity index (χ1v) is 8.62. The summed E-state index contributed by atoms with van der Waals surface area (Å²) in [5.74, 6) is 0.709. The van der Waals surface area contributed by atoms with Crippen LogP contribution < -0.4 is 0 Å². The van der Waals surface area contributed by atoms with Crippen molar-refractivity contribution in [2.75, 3.05) is 13.1 Å². The highest BCUT2D eigenvalue weighted by Crippen LogP contribution is 2.22. The maximum absolute atomic E-state index is 4.62. The SMILES string of the molecule is CC(C)N1CC[C@H](Cc2cnc(-c3cnn(C(C)C)c3)cn2)C1. The fourth-order valence-electron chi connectivity index (χ4n) is 3.16. The molecular weight excluding hydrogens is 286 g/mol. The zero-order chi connectivity index (χ0) is 16.4. The van der Waals surface area contributed by atoms with Crippen molar-refractivity contribution < 1.29 is 0 Å². The maximum atomic E-state index is 4.62. The summed E-state index contributed by atoms with van der Waals surface area (Å²) in [7, 11) is 0. The molecular formula is C18H27N5. The third-order valence-corrected chi connectivity index (χ3v) is 4.68. The van der Waals surface area contributed by atoms with Crippen LogP contribution in [0.3, 0.4) is 0 Å². The molecule has 0 bridgehead atoms. The van der Waals surface area contributed by atoms with E-state index in [4.69, 9.17) is 0 Å². The summed E-state index contributed by atoms with van der Waals surface area (Å²) in [4.78, 5) is 11.8. The molecule has 0 amide bonds. The Morgan fingerprint density at radius 3 is 2.48 bits per heavy atom. The first-order valence-electron chi connectivity index (χ1n) is 8.62. The summed E-state index contributed by atoms with van der Waals surface area (Å²) in [6, 6.07) is 1.01. The molecule has 0 aromatic carbocycles. The predicted molar refractivity (Wildman–Crippen MR) is 92.2 cm³/mol. The second kappa shape index (κ2) is 6.79. The molecule has 1 atom stereocenters. The molecule has 23 heavy (non-hydrogen) atoms. The molecule has 1 aliphatic heterocycles. The van der Waals surface area contributed by atoms with Crippen LogP contribution in [-0.2, 0) is 6.42 Å². The van der Waals surface area contributed by atoms with Crippen molar-refractivity contribution in [3.63, 3.8) is 0 Å². The quantitative estimate of drug-likeness (QED) is 0.850. The van der Waals surface area contributed by atoms with Crippen LogP contribution in [0, 0.1) is 5.92 Å². The van der Waals surface area contributed by atoms with E-state index in [0.717, 1.165) is 23.4 Å². The van der Waals surface area contributed by atoms with Crippen molar-refractivity contribution in [2.24, 2.45) is 5.92 Å². The average Bonchev–Trinajstić information content (AvgIpc) is 3.17. The maximum Gasteiger partial charge on any atom is 0.0916 e. The Kier molecular flexibility index (Phi) is 4.76. The van der Waals surface area contributed by atoms with E-state index in [1.54, 1.807) is 0 Å². The van der Waals surface area contributed by atoms with Gasteiger partial charge in [-0.3, -0.25) is 14.6 Å². The summed E-state index contributed by atoms with van der Waals surface area (Å²) in [6.07, 6.45) is 10.0. The van der Waals surface area contributed by atoms with E-state index < -0.39 is 0 Å². The molecule has 0 radical (unpaired) electrons. The van der Waals surface area contributed by atoms with Gasteiger partial charge in [0.15, 0.2) is 0 Å². The van der Waals surface area contributed by atoms with E-state index in [9.17, 15) is 0 Å². The van der Waals surface area contributed by atoms with Gasteiger partial charge in [-0.1, -0.05) is 0 Å². The third-order valence-electron chi connectivity index (χ3n) is 4.68. The Morgan fingerprint density at radius 1 is 1.09 bits per heavy atom. The first-order chi connectivity index (χ1) is 11.0. The van der Waals surface area contributed by atoms with Gasteiger partial charge in [-0.05, 0) is 53.0 Å². The van der Waals surface area contributed by atoms with Crippen molar-refractivity contribution in [2.45, 2.75) is 52.6 Å². The van der Waals surface area contributed by atoms with Crippen LogP contribution in [0.25, 0.3) is 11.3 Å². The molecule has 0 unspecified atom stereocenters. The van der Waals surface area contributed by atoms with Crippen LogP contribution in [-0.4, -0.2) is 43.8 Å². The predicted octanol–water partition coefficient (Wildman–Crippen LogP) is 3.19. The standard InChI is InChI=1S/C18H27N5/c1-13(2)22-6-5-15(11-22)7-17-9-20-18(10-19-17)16-8-21-23(12-16)14(3)4/h8-10,12-15H,5-7,11H2,1-4H3/t15-/m1/s1. The molecule has 2 aromatic rings. The van der Waals surface area contributed by atoms with Crippen molar-refractivity contribution in [3.05, 3.63) is 30.5 Å². The van der Waals surface area contributed by atoms with Gasteiger partial charge < -0.3 is 4.90 Å². The highest BCUT2D eigenvalue weighted by molar-refractivity contribution is 5.55. The number of rotatable bonds is 5. The zero-order valence-corrected chi connectivity index (χ0v) is 14.6. The second-order valence-electron chi connectivity index (χ2n) is 7.14. The summed E-state index contributed by atoms with van der Waals surface area (Å²) >= 11 is 0. The normalized spacial score (nSPS) is 19.1. The molecule has 1 fully saturated rings. The van der Waals surface area contributed by atoms with Crippen LogP contribution >= 0.6 is 0 Å². The highest BCUT2D eigenvalue weighted by atomic mass is 15.3. The van der Waals surface area contributed by atoms with Crippen LogP contribution in [0.1, 0.15) is 45.9 Å². The van der Waals surface area contributed by atoms with Gasteiger partial charge in [-0.2, -0.15) is 5.10 Å². The van der Waals surface area contributed by atoms with Gasteiger partial charge in [-0.15, -0.1) is 0 Å². The van der Waals surface area contributed by atoms with E-state index >= 15 is 0 Å². The smallest absolute Gasteiger partial charge is 0.0916 e. The number of hydrogen-bond donors (Lipinski definition) is 0. The van der Waals surface area contributed by atoms with Crippen molar-refractivity contribution in [1.82, 2.24) is 24.6 Å². The van der Waals surface area contributed by atoms with Gasteiger partial charge in [0, 0.05) is 36.6 Å². The molecule has 0 aliphatic carbocycles. The minimum Gasteiger partial charge on any atom is -0.301 e. The number of nitrogens with zero attached hydrogens (tertiary/aromatic N) is 5. The molecule has 2 aromatic heterocycles. The fraction of sp³-hybridized carbons (Fsp3) is 0.611. The lowest BCUT2D eigenvalue weighted by atomic mass is 10.0. The third kappa shape index (κ3) is 3.78. The minimum absolute atomic E-state index is 0.363. The molecule has 1 saturated heterocycles. The summed E-state index contributed by atoms with van der Waals surface area (Å²) in [5, 5.41) is 4.37. The number of hydrogen-bond acceptors (Lipinski definition) is 4. The van der Waals surface area contributed by atoms with Gasteiger partial charge in [0.2, 0.25) is 0 Å². The molecule has 0 saturated carbocycles. The van der Waals surface area contributed by atoms with Crippen molar-refractivity contribution in [1.29, 1.82) is 0 Å². The first kappa shape index (κ1) is 16.1. The summed E-state index contributed by atoms with van der Waals surface area (Å²) < 4.78 is 1.95. The van der Waals surface area contributed by atoms with E-state index in [0.29, 0.717) is 18.0 Å². The topological polar surface area (TPSA) is 46.8 Å². The Labute approximate surface area is 138 Å². The van der Waals surface area contributed by atoms with Crippen LogP contribution in [0.2, 0.25) is 0 Å². The highest BCUT2D eigenvalue weighted by Gasteiger charge is 2.24. The van der Waals surface area contributed by atoms with Crippen LogP contribution in [0.15, 0.2) is 24.8 Å². The van der Waals surface area contributed by atoms with Crippen LogP contribution in [0.4, 0.5) is 0 Å². The lowest BCUT2D eigenvalue weighted by Gasteiger charge is -2.20. The lowest BCUT2D eigenvalue weighted by Crippen LogP contribution is -2.28.